The first kappa shape index (κ1) is 13.7. The maximum absolute atomic E-state index is 11.7. The normalized spacial score (nSPS) is 15.1. The van der Waals surface area contributed by atoms with E-state index in [4.69, 9.17) is 5.73 Å². The minimum Gasteiger partial charge on any atom is -0.347 e. The van der Waals surface area contributed by atoms with Gasteiger partial charge in [-0.15, -0.1) is 0 Å². The number of nitrogens with one attached hydrogen (secondary N) is 1. The van der Waals surface area contributed by atoms with Crippen LogP contribution in [0, 0.1) is 5.41 Å². The highest BCUT2D eigenvalue weighted by Gasteiger charge is 2.28. The zero-order valence-electron chi connectivity index (χ0n) is 11.0. The van der Waals surface area contributed by atoms with Crippen molar-refractivity contribution in [3.63, 3.8) is 0 Å². The van der Waals surface area contributed by atoms with Crippen molar-refractivity contribution >= 4 is 5.91 Å². The summed E-state index contributed by atoms with van der Waals surface area (Å²) in [5.41, 5.74) is 6.65. The number of benzene rings is 1. The van der Waals surface area contributed by atoms with E-state index < -0.39 is 6.04 Å². The van der Waals surface area contributed by atoms with Crippen molar-refractivity contribution in [1.82, 2.24) is 5.32 Å². The van der Waals surface area contributed by atoms with Crippen molar-refractivity contribution in [1.29, 1.82) is 0 Å². The molecule has 0 fully saturated rings. The van der Waals surface area contributed by atoms with Crippen LogP contribution in [0.1, 0.15) is 39.3 Å². The van der Waals surface area contributed by atoms with Gasteiger partial charge in [0.15, 0.2) is 0 Å². The molecule has 0 aromatic heterocycles. The Morgan fingerprint density at radius 2 is 1.76 bits per heavy atom. The molecular weight excluding hydrogens is 212 g/mol. The second-order valence-corrected chi connectivity index (χ2v) is 5.51. The number of hydrogen-bond acceptors (Lipinski definition) is 2. The van der Waals surface area contributed by atoms with E-state index in [9.17, 15) is 4.79 Å². The summed E-state index contributed by atoms with van der Waals surface area (Å²) in [4.78, 5) is 11.7. The van der Waals surface area contributed by atoms with E-state index in [1.807, 2.05) is 30.3 Å². The number of nitrogens with two attached hydrogens (primary N) is 1. The molecule has 3 N–H and O–H groups in total. The van der Waals surface area contributed by atoms with Crippen LogP contribution < -0.4 is 11.1 Å². The van der Waals surface area contributed by atoms with Crippen LogP contribution in [0.15, 0.2) is 30.3 Å². The lowest BCUT2D eigenvalue weighted by Crippen LogP contribution is -2.44. The Hall–Kier alpha value is -1.35. The van der Waals surface area contributed by atoms with E-state index in [0.717, 1.165) is 5.56 Å². The van der Waals surface area contributed by atoms with Gasteiger partial charge < -0.3 is 11.1 Å². The predicted molar refractivity (Wildman–Crippen MR) is 70.4 cm³/mol. The summed E-state index contributed by atoms with van der Waals surface area (Å²) in [6, 6.07) is 9.47. The number of amides is 1. The van der Waals surface area contributed by atoms with Gasteiger partial charge in [0.25, 0.3) is 0 Å². The molecule has 0 heterocycles. The molecule has 0 aliphatic rings. The summed E-state index contributed by atoms with van der Waals surface area (Å²) in [6.07, 6.45) is 0. The van der Waals surface area contributed by atoms with Crippen LogP contribution in [0.25, 0.3) is 0 Å². The first-order valence-electron chi connectivity index (χ1n) is 5.93. The fraction of sp³-hybridized carbons (Fsp3) is 0.500. The van der Waals surface area contributed by atoms with E-state index in [2.05, 4.69) is 26.1 Å². The van der Waals surface area contributed by atoms with Crippen LogP contribution in [0.2, 0.25) is 0 Å². The van der Waals surface area contributed by atoms with E-state index in [0.29, 0.717) is 0 Å². The third-order valence-electron chi connectivity index (χ3n) is 2.70. The maximum atomic E-state index is 11.7. The van der Waals surface area contributed by atoms with E-state index in [1.165, 1.54) is 0 Å². The van der Waals surface area contributed by atoms with Crippen molar-refractivity contribution in [3.05, 3.63) is 35.9 Å². The molecule has 0 spiro atoms. The van der Waals surface area contributed by atoms with Gasteiger partial charge >= 0.3 is 0 Å². The second kappa shape index (κ2) is 5.32. The Balaban J connectivity index is 2.95. The Morgan fingerprint density at radius 1 is 1.24 bits per heavy atom. The number of carbonyl (C=O) groups is 1. The summed E-state index contributed by atoms with van der Waals surface area (Å²) < 4.78 is 0. The molecule has 0 saturated heterocycles. The Bertz CT molecular complexity index is 366. The molecule has 2 unspecified atom stereocenters. The van der Waals surface area contributed by atoms with Crippen LogP contribution in [0.4, 0.5) is 0 Å². The molecule has 0 bridgehead atoms. The third kappa shape index (κ3) is 3.86. The van der Waals surface area contributed by atoms with Crippen LogP contribution in [0.3, 0.4) is 0 Å². The molecule has 1 rings (SSSR count). The largest absolute Gasteiger partial charge is 0.347 e. The SMILES string of the molecule is CC(N)C(=O)NC(c1ccccc1)C(C)(C)C. The van der Waals surface area contributed by atoms with Gasteiger partial charge in [-0.3, -0.25) is 4.79 Å². The highest BCUT2D eigenvalue weighted by Crippen LogP contribution is 2.32. The van der Waals surface area contributed by atoms with Crippen molar-refractivity contribution in [3.8, 4) is 0 Å². The van der Waals surface area contributed by atoms with Crippen LogP contribution in [-0.2, 0) is 4.79 Å². The van der Waals surface area contributed by atoms with Gasteiger partial charge in [0.05, 0.1) is 12.1 Å². The maximum Gasteiger partial charge on any atom is 0.237 e. The molecule has 1 aromatic rings. The minimum absolute atomic E-state index is 0.0257. The van der Waals surface area contributed by atoms with E-state index >= 15 is 0 Å². The lowest BCUT2D eigenvalue weighted by molar-refractivity contribution is -0.123. The molecule has 2 atom stereocenters. The average molecular weight is 234 g/mol. The Labute approximate surface area is 103 Å². The molecule has 94 valence electrons. The lowest BCUT2D eigenvalue weighted by Gasteiger charge is -2.32. The Morgan fingerprint density at radius 3 is 2.18 bits per heavy atom. The first-order valence-corrected chi connectivity index (χ1v) is 5.93. The monoisotopic (exact) mass is 234 g/mol. The van der Waals surface area contributed by atoms with Gasteiger partial charge in [-0.1, -0.05) is 51.1 Å². The van der Waals surface area contributed by atoms with Crippen molar-refractivity contribution < 1.29 is 4.79 Å². The molecule has 0 saturated carbocycles. The quantitative estimate of drug-likeness (QED) is 0.842. The lowest BCUT2D eigenvalue weighted by atomic mass is 9.82. The molecule has 3 heteroatoms. The van der Waals surface area contributed by atoms with Crippen molar-refractivity contribution in [2.75, 3.05) is 0 Å². The highest BCUT2D eigenvalue weighted by molar-refractivity contribution is 5.81. The van der Waals surface area contributed by atoms with Gasteiger partial charge in [0.2, 0.25) is 5.91 Å². The molecule has 3 nitrogen and oxygen atoms in total. The van der Waals surface area contributed by atoms with Crippen molar-refractivity contribution in [2.45, 2.75) is 39.8 Å². The molecule has 1 aromatic carbocycles. The molecule has 0 aliphatic heterocycles. The first-order chi connectivity index (χ1) is 7.82. The van der Waals surface area contributed by atoms with Gasteiger partial charge in [-0.2, -0.15) is 0 Å². The Kier molecular flexibility index (Phi) is 4.29. The molecule has 0 aliphatic carbocycles. The van der Waals surface area contributed by atoms with Gasteiger partial charge in [0, 0.05) is 0 Å². The zero-order chi connectivity index (χ0) is 13.1. The van der Waals surface area contributed by atoms with Crippen molar-refractivity contribution in [2.24, 2.45) is 11.1 Å². The number of carbonyl (C=O) groups excluding carboxylic acids is 1. The van der Waals surface area contributed by atoms with Crippen LogP contribution in [-0.4, -0.2) is 11.9 Å². The second-order valence-electron chi connectivity index (χ2n) is 5.51. The summed E-state index contributed by atoms with van der Waals surface area (Å²) in [5, 5.41) is 3.01. The van der Waals surface area contributed by atoms with Crippen LogP contribution >= 0.6 is 0 Å². The summed E-state index contributed by atoms with van der Waals surface area (Å²) in [7, 11) is 0. The van der Waals surface area contributed by atoms with Gasteiger partial charge in [0.1, 0.15) is 0 Å². The fourth-order valence-electron chi connectivity index (χ4n) is 1.72. The highest BCUT2D eigenvalue weighted by atomic mass is 16.2. The smallest absolute Gasteiger partial charge is 0.237 e. The van der Waals surface area contributed by atoms with E-state index in [-0.39, 0.29) is 17.4 Å². The molecule has 0 radical (unpaired) electrons. The fourth-order valence-corrected chi connectivity index (χ4v) is 1.72. The van der Waals surface area contributed by atoms with Crippen LogP contribution in [0.5, 0.6) is 0 Å². The van der Waals surface area contributed by atoms with Gasteiger partial charge in [-0.05, 0) is 17.9 Å². The number of hydrogen-bond donors (Lipinski definition) is 2. The average Bonchev–Trinajstić information content (AvgIpc) is 2.25. The standard InChI is InChI=1S/C14H22N2O/c1-10(15)13(17)16-12(14(2,3)4)11-8-6-5-7-9-11/h5-10,12H,15H2,1-4H3,(H,16,17). The van der Waals surface area contributed by atoms with Gasteiger partial charge in [-0.25, -0.2) is 0 Å². The minimum atomic E-state index is -0.483. The summed E-state index contributed by atoms with van der Waals surface area (Å²) in [5.74, 6) is -0.117. The molecule has 17 heavy (non-hydrogen) atoms. The molecular formula is C14H22N2O. The summed E-state index contributed by atoms with van der Waals surface area (Å²) >= 11 is 0. The molecule has 1 amide bonds. The number of rotatable bonds is 3. The van der Waals surface area contributed by atoms with E-state index in [1.54, 1.807) is 6.92 Å². The predicted octanol–water partition coefficient (Wildman–Crippen LogP) is 2.24. The third-order valence-corrected chi connectivity index (χ3v) is 2.70. The summed E-state index contributed by atoms with van der Waals surface area (Å²) in [6.45, 7) is 8.00. The zero-order valence-corrected chi connectivity index (χ0v) is 11.0. The topological polar surface area (TPSA) is 55.1 Å².